The van der Waals surface area contributed by atoms with Crippen LogP contribution < -0.4 is 5.73 Å². The number of hydrogen-bond donors (Lipinski definition) is 1. The van der Waals surface area contributed by atoms with Gasteiger partial charge in [0.15, 0.2) is 5.82 Å². The quantitative estimate of drug-likeness (QED) is 0.650. The van der Waals surface area contributed by atoms with Gasteiger partial charge in [-0.15, -0.1) is 12.4 Å². The van der Waals surface area contributed by atoms with Gasteiger partial charge in [-0.3, -0.25) is 0 Å². The van der Waals surface area contributed by atoms with Gasteiger partial charge in [-0.1, -0.05) is 5.16 Å². The highest BCUT2D eigenvalue weighted by Crippen LogP contribution is 2.36. The number of aryl methyl sites for hydroxylation is 3. The predicted octanol–water partition coefficient (Wildman–Crippen LogP) is 1.49. The molecule has 2 heterocycles. The van der Waals surface area contributed by atoms with Crippen molar-refractivity contribution in [1.82, 2.24) is 19.7 Å². The number of aromatic nitrogens is 4. The van der Waals surface area contributed by atoms with E-state index in [4.69, 9.17) is 10.3 Å². The first-order valence-electron chi connectivity index (χ1n) is 6.78. The molecule has 0 aliphatic heterocycles. The minimum absolute atomic E-state index is 0. The minimum Gasteiger partial charge on any atom is -0.358 e. The van der Waals surface area contributed by atoms with E-state index in [0.717, 1.165) is 19.3 Å². The van der Waals surface area contributed by atoms with Crippen LogP contribution in [0.5, 0.6) is 0 Å². The maximum atomic E-state index is 10.7. The number of imidazole rings is 1. The third kappa shape index (κ3) is 2.95. The Morgan fingerprint density at radius 3 is 2.77 bits per heavy atom. The SMILES string of the molecule is Cc1nc([N+](=O)[O-])cn1CCc1nc(C2(N)CCC2)no1.Cl. The van der Waals surface area contributed by atoms with E-state index in [1.165, 1.54) is 6.20 Å². The molecular formula is C12H17ClN6O3. The van der Waals surface area contributed by atoms with E-state index in [0.29, 0.717) is 30.5 Å². The molecule has 0 unspecified atom stereocenters. The Bertz CT molecular complexity index is 678. The van der Waals surface area contributed by atoms with Crippen molar-refractivity contribution in [3.8, 4) is 0 Å². The molecule has 10 heteroatoms. The highest BCUT2D eigenvalue weighted by Gasteiger charge is 2.38. The Morgan fingerprint density at radius 2 is 2.23 bits per heavy atom. The van der Waals surface area contributed by atoms with Crippen molar-refractivity contribution in [3.63, 3.8) is 0 Å². The molecule has 3 rings (SSSR count). The van der Waals surface area contributed by atoms with E-state index in [1.54, 1.807) is 11.5 Å². The molecule has 0 amide bonds. The van der Waals surface area contributed by atoms with E-state index < -0.39 is 10.5 Å². The maximum absolute atomic E-state index is 10.7. The zero-order chi connectivity index (χ0) is 15.0. The van der Waals surface area contributed by atoms with Crippen molar-refractivity contribution in [2.75, 3.05) is 0 Å². The Hall–Kier alpha value is -2.00. The Balaban J connectivity index is 0.00000176. The second kappa shape index (κ2) is 6.01. The van der Waals surface area contributed by atoms with Crippen LogP contribution >= 0.6 is 12.4 Å². The van der Waals surface area contributed by atoms with Crippen LogP contribution in [0.3, 0.4) is 0 Å². The molecule has 0 atom stereocenters. The molecule has 2 aromatic heterocycles. The average Bonchev–Trinajstić information content (AvgIpc) is 3.00. The van der Waals surface area contributed by atoms with Crippen LogP contribution in [0.15, 0.2) is 10.7 Å². The molecule has 0 spiro atoms. The molecule has 0 bridgehead atoms. The third-order valence-corrected chi connectivity index (χ3v) is 3.88. The molecule has 120 valence electrons. The number of nitro groups is 1. The highest BCUT2D eigenvalue weighted by molar-refractivity contribution is 5.85. The van der Waals surface area contributed by atoms with Crippen LogP contribution in [-0.4, -0.2) is 24.6 Å². The van der Waals surface area contributed by atoms with Crippen molar-refractivity contribution in [2.24, 2.45) is 5.73 Å². The first-order valence-corrected chi connectivity index (χ1v) is 6.78. The van der Waals surface area contributed by atoms with E-state index in [9.17, 15) is 10.1 Å². The summed E-state index contributed by atoms with van der Waals surface area (Å²) in [7, 11) is 0. The van der Waals surface area contributed by atoms with E-state index >= 15 is 0 Å². The van der Waals surface area contributed by atoms with Gasteiger partial charge in [0.25, 0.3) is 0 Å². The van der Waals surface area contributed by atoms with Crippen LogP contribution in [0.1, 0.15) is 36.8 Å². The number of nitrogens with zero attached hydrogens (tertiary/aromatic N) is 5. The zero-order valence-electron chi connectivity index (χ0n) is 12.1. The van der Waals surface area contributed by atoms with Gasteiger partial charge in [0.2, 0.25) is 11.7 Å². The van der Waals surface area contributed by atoms with Gasteiger partial charge in [0.05, 0.1) is 5.54 Å². The van der Waals surface area contributed by atoms with Crippen LogP contribution in [-0.2, 0) is 18.5 Å². The summed E-state index contributed by atoms with van der Waals surface area (Å²) in [6.45, 7) is 2.21. The molecule has 1 aliphatic rings. The second-order valence-electron chi connectivity index (χ2n) is 5.37. The molecule has 0 saturated heterocycles. The molecule has 22 heavy (non-hydrogen) atoms. The summed E-state index contributed by atoms with van der Waals surface area (Å²) >= 11 is 0. The van der Waals surface area contributed by atoms with Gasteiger partial charge >= 0.3 is 5.82 Å². The maximum Gasteiger partial charge on any atom is 0.381 e. The van der Waals surface area contributed by atoms with Gasteiger partial charge in [0, 0.05) is 19.9 Å². The third-order valence-electron chi connectivity index (χ3n) is 3.88. The van der Waals surface area contributed by atoms with Crippen LogP contribution in [0.4, 0.5) is 5.82 Å². The standard InChI is InChI=1S/C12H16N6O3.ClH/c1-8-14-9(18(19)20)7-17(8)6-3-10-15-11(16-21-10)12(13)4-2-5-12;/h7H,2-6,13H2,1H3;1H. The molecule has 0 radical (unpaired) electrons. The summed E-state index contributed by atoms with van der Waals surface area (Å²) in [5.74, 6) is 1.46. The smallest absolute Gasteiger partial charge is 0.358 e. The van der Waals surface area contributed by atoms with Gasteiger partial charge < -0.3 is 24.9 Å². The topological polar surface area (TPSA) is 126 Å². The monoisotopic (exact) mass is 328 g/mol. The lowest BCUT2D eigenvalue weighted by atomic mass is 9.77. The molecule has 2 N–H and O–H groups in total. The fourth-order valence-corrected chi connectivity index (χ4v) is 2.36. The van der Waals surface area contributed by atoms with Gasteiger partial charge in [0.1, 0.15) is 6.20 Å². The fourth-order valence-electron chi connectivity index (χ4n) is 2.36. The molecule has 1 aliphatic carbocycles. The Morgan fingerprint density at radius 1 is 1.50 bits per heavy atom. The number of halogens is 1. The first kappa shape index (κ1) is 16.4. The van der Waals surface area contributed by atoms with Gasteiger partial charge in [-0.05, 0) is 29.2 Å². The second-order valence-corrected chi connectivity index (χ2v) is 5.37. The summed E-state index contributed by atoms with van der Waals surface area (Å²) in [6.07, 6.45) is 4.72. The van der Waals surface area contributed by atoms with Crippen LogP contribution in [0.2, 0.25) is 0 Å². The van der Waals surface area contributed by atoms with E-state index in [1.807, 2.05) is 0 Å². The lowest BCUT2D eigenvalue weighted by Crippen LogP contribution is -2.44. The molecule has 1 fully saturated rings. The van der Waals surface area contributed by atoms with Gasteiger partial charge in [-0.2, -0.15) is 4.98 Å². The number of rotatable bonds is 5. The van der Waals surface area contributed by atoms with Crippen molar-refractivity contribution in [2.45, 2.75) is 44.7 Å². The molecule has 9 nitrogen and oxygen atoms in total. The van der Waals surface area contributed by atoms with Crippen molar-refractivity contribution >= 4 is 18.2 Å². The van der Waals surface area contributed by atoms with E-state index in [-0.39, 0.29) is 18.2 Å². The zero-order valence-corrected chi connectivity index (χ0v) is 12.9. The Labute approximate surface area is 132 Å². The number of hydrogen-bond acceptors (Lipinski definition) is 7. The normalized spacial score (nSPS) is 15.9. The molecule has 1 saturated carbocycles. The fraction of sp³-hybridized carbons (Fsp3) is 0.583. The minimum atomic E-state index is -0.511. The summed E-state index contributed by atoms with van der Waals surface area (Å²) in [6, 6.07) is 0. The van der Waals surface area contributed by atoms with Crippen molar-refractivity contribution < 1.29 is 9.45 Å². The summed E-state index contributed by atoms with van der Waals surface area (Å²) in [5.41, 5.74) is 5.69. The first-order chi connectivity index (χ1) is 9.98. The average molecular weight is 329 g/mol. The van der Waals surface area contributed by atoms with Crippen molar-refractivity contribution in [3.05, 3.63) is 33.9 Å². The summed E-state index contributed by atoms with van der Waals surface area (Å²) in [5, 5.41) is 14.6. The number of nitrogens with two attached hydrogens (primary N) is 1. The van der Waals surface area contributed by atoms with Crippen LogP contribution in [0, 0.1) is 17.0 Å². The summed E-state index contributed by atoms with van der Waals surface area (Å²) < 4.78 is 6.89. The summed E-state index contributed by atoms with van der Waals surface area (Å²) in [4.78, 5) is 18.3. The Kier molecular flexibility index (Phi) is 4.47. The van der Waals surface area contributed by atoms with E-state index in [2.05, 4.69) is 15.1 Å². The van der Waals surface area contributed by atoms with Crippen molar-refractivity contribution in [1.29, 1.82) is 0 Å². The predicted molar refractivity (Wildman–Crippen MR) is 78.6 cm³/mol. The highest BCUT2D eigenvalue weighted by atomic mass is 35.5. The van der Waals surface area contributed by atoms with Gasteiger partial charge in [-0.25, -0.2) is 0 Å². The largest absolute Gasteiger partial charge is 0.381 e. The lowest BCUT2D eigenvalue weighted by molar-refractivity contribution is -0.389. The molecule has 0 aromatic carbocycles. The van der Waals surface area contributed by atoms with Crippen LogP contribution in [0.25, 0.3) is 0 Å². The molecule has 2 aromatic rings. The molecular weight excluding hydrogens is 312 g/mol. The lowest BCUT2D eigenvalue weighted by Gasteiger charge is -2.34.